The Morgan fingerprint density at radius 1 is 0.354 bits per heavy atom. The Balaban J connectivity index is 1.07. The zero-order valence-electron chi connectivity index (χ0n) is 36.4. The van der Waals surface area contributed by atoms with Crippen molar-refractivity contribution in [2.24, 2.45) is 0 Å². The van der Waals surface area contributed by atoms with Gasteiger partial charge in [-0.1, -0.05) is 211 Å². The van der Waals surface area contributed by atoms with Crippen LogP contribution in [0.15, 0.2) is 237 Å². The highest BCUT2D eigenvalue weighted by atomic mass is 32.1. The molecule has 0 aliphatic heterocycles. The molecule has 308 valence electrons. The van der Waals surface area contributed by atoms with Crippen molar-refractivity contribution in [3.63, 3.8) is 0 Å². The number of benzene rings is 10. The number of nitrogens with zero attached hydrogens (tertiary/aromatic N) is 1. The van der Waals surface area contributed by atoms with Crippen molar-refractivity contribution in [1.82, 2.24) is 0 Å². The van der Waals surface area contributed by atoms with Gasteiger partial charge in [-0.3, -0.25) is 0 Å². The van der Waals surface area contributed by atoms with E-state index in [-0.39, 0.29) is 0 Å². The van der Waals surface area contributed by atoms with Crippen LogP contribution in [-0.2, 0) is 5.41 Å². The number of para-hydroxylation sites is 1. The van der Waals surface area contributed by atoms with Gasteiger partial charge in [0.25, 0.3) is 0 Å². The van der Waals surface area contributed by atoms with Crippen LogP contribution in [0.1, 0.15) is 33.4 Å². The molecule has 0 amide bonds. The summed E-state index contributed by atoms with van der Waals surface area (Å²) in [6.07, 6.45) is 0. The Morgan fingerprint density at radius 3 is 1.62 bits per heavy atom. The summed E-state index contributed by atoms with van der Waals surface area (Å²) in [5.41, 5.74) is 20.2. The Bertz CT molecular complexity index is 3480. The molecule has 1 heterocycles. The van der Waals surface area contributed by atoms with Gasteiger partial charge in [-0.25, -0.2) is 0 Å². The van der Waals surface area contributed by atoms with Crippen LogP contribution < -0.4 is 4.90 Å². The van der Waals surface area contributed by atoms with Gasteiger partial charge in [0.1, 0.15) is 0 Å². The Morgan fingerprint density at radius 2 is 0.877 bits per heavy atom. The number of rotatable bonds is 8. The summed E-state index contributed by atoms with van der Waals surface area (Å²) < 4.78 is 2.64. The maximum Gasteiger partial charge on any atom is 0.0714 e. The van der Waals surface area contributed by atoms with Crippen LogP contribution in [0.25, 0.3) is 64.7 Å². The van der Waals surface area contributed by atoms with E-state index in [0.29, 0.717) is 0 Å². The lowest BCUT2D eigenvalue weighted by atomic mass is 9.67. The molecule has 2 heteroatoms. The molecule has 12 rings (SSSR count). The molecule has 1 nitrogen and oxygen atoms in total. The van der Waals surface area contributed by atoms with E-state index in [4.69, 9.17) is 0 Å². The molecule has 10 aromatic carbocycles. The van der Waals surface area contributed by atoms with E-state index in [9.17, 15) is 0 Å². The first-order valence-corrected chi connectivity index (χ1v) is 23.3. The third kappa shape index (κ3) is 6.44. The minimum Gasteiger partial charge on any atom is -0.310 e. The maximum atomic E-state index is 2.48. The Labute approximate surface area is 385 Å². The number of fused-ring (bicyclic) bond motifs is 6. The van der Waals surface area contributed by atoms with Crippen LogP contribution in [-0.4, -0.2) is 0 Å². The van der Waals surface area contributed by atoms with Gasteiger partial charge in [0.2, 0.25) is 0 Å². The van der Waals surface area contributed by atoms with Crippen molar-refractivity contribution in [3.8, 4) is 44.5 Å². The van der Waals surface area contributed by atoms with E-state index in [1.165, 1.54) is 98.1 Å². The Kier molecular flexibility index (Phi) is 9.44. The van der Waals surface area contributed by atoms with Crippen LogP contribution in [0, 0.1) is 13.8 Å². The third-order valence-electron chi connectivity index (χ3n) is 13.5. The summed E-state index contributed by atoms with van der Waals surface area (Å²) in [7, 11) is 0. The predicted octanol–water partition coefficient (Wildman–Crippen LogP) is 17.5. The lowest BCUT2D eigenvalue weighted by Gasteiger charge is -2.35. The Hall–Kier alpha value is -7.78. The average molecular weight is 848 g/mol. The molecular formula is C63H45NS. The summed E-state index contributed by atoms with van der Waals surface area (Å²) in [5.74, 6) is 0. The summed E-state index contributed by atoms with van der Waals surface area (Å²) >= 11 is 1.88. The summed E-state index contributed by atoms with van der Waals surface area (Å²) in [5, 5.41) is 2.63. The first kappa shape index (κ1) is 38.9. The minimum atomic E-state index is -0.533. The molecule has 0 bridgehead atoms. The SMILES string of the molecule is Cc1ccc(C2(c3ccc(C)cc3)c3ccccc3-c3ccc(N(c4ccc(-c5cccc6c5sc5ccccc56)cc4)c4ccccc4-c4ccc(-c5ccccc5)cc4)cc32)cc1. The predicted molar refractivity (Wildman–Crippen MR) is 277 cm³/mol. The van der Waals surface area contributed by atoms with Crippen molar-refractivity contribution >= 4 is 48.6 Å². The summed E-state index contributed by atoms with van der Waals surface area (Å²) in [6, 6.07) is 87.9. The minimum absolute atomic E-state index is 0.533. The quantitative estimate of drug-likeness (QED) is 0.147. The molecule has 0 saturated heterocycles. The van der Waals surface area contributed by atoms with Gasteiger partial charge in [-0.05, 0) is 111 Å². The second-order valence-electron chi connectivity index (χ2n) is 17.4. The molecule has 0 N–H and O–H groups in total. The van der Waals surface area contributed by atoms with E-state index in [2.05, 4.69) is 255 Å². The number of hydrogen-bond donors (Lipinski definition) is 0. The topological polar surface area (TPSA) is 3.24 Å². The van der Waals surface area contributed by atoms with Crippen molar-refractivity contribution in [3.05, 3.63) is 270 Å². The maximum absolute atomic E-state index is 2.48. The summed E-state index contributed by atoms with van der Waals surface area (Å²) in [4.78, 5) is 2.47. The number of aryl methyl sites for hydroxylation is 2. The molecule has 0 radical (unpaired) electrons. The molecule has 1 aliphatic carbocycles. The van der Waals surface area contributed by atoms with E-state index in [0.717, 1.165) is 17.1 Å². The van der Waals surface area contributed by atoms with Gasteiger partial charge in [0, 0.05) is 37.1 Å². The first-order chi connectivity index (χ1) is 32.0. The smallest absolute Gasteiger partial charge is 0.0714 e. The van der Waals surface area contributed by atoms with E-state index < -0.39 is 5.41 Å². The van der Waals surface area contributed by atoms with Crippen LogP contribution in [0.3, 0.4) is 0 Å². The van der Waals surface area contributed by atoms with Crippen LogP contribution in [0.5, 0.6) is 0 Å². The van der Waals surface area contributed by atoms with E-state index >= 15 is 0 Å². The molecule has 11 aromatic rings. The molecule has 1 aliphatic rings. The number of hydrogen-bond acceptors (Lipinski definition) is 2. The van der Waals surface area contributed by atoms with Crippen LogP contribution >= 0.6 is 11.3 Å². The summed E-state index contributed by atoms with van der Waals surface area (Å²) in [6.45, 7) is 4.35. The van der Waals surface area contributed by atoms with Gasteiger partial charge in [-0.15, -0.1) is 11.3 Å². The van der Waals surface area contributed by atoms with Gasteiger partial charge < -0.3 is 4.90 Å². The number of thiophene rings is 1. The largest absolute Gasteiger partial charge is 0.310 e. The standard InChI is InChI=1S/C63H45NS/c1-42-23-33-48(34-24-42)63(49-35-25-43(2)26-36-49)58-20-9-6-16-54(58)55-40-39-51(41-59(55)63)64(60-21-10-7-15-52(60)46-29-27-45(28-30-46)44-13-4-3-5-14-44)50-37-31-47(32-38-50)53-18-12-19-57-56-17-8-11-22-61(56)65-62(53)57/h3-41H,1-2H3. The fourth-order valence-electron chi connectivity index (χ4n) is 10.4. The zero-order valence-corrected chi connectivity index (χ0v) is 37.2. The molecule has 0 unspecified atom stereocenters. The highest BCUT2D eigenvalue weighted by Gasteiger charge is 2.46. The second-order valence-corrected chi connectivity index (χ2v) is 18.4. The molecular weight excluding hydrogens is 803 g/mol. The fraction of sp³-hybridized carbons (Fsp3) is 0.0476. The molecule has 0 atom stereocenters. The monoisotopic (exact) mass is 847 g/mol. The molecule has 0 saturated carbocycles. The van der Waals surface area contributed by atoms with Gasteiger partial charge in [0.15, 0.2) is 0 Å². The zero-order chi connectivity index (χ0) is 43.5. The number of anilines is 3. The van der Waals surface area contributed by atoms with Gasteiger partial charge in [-0.2, -0.15) is 0 Å². The van der Waals surface area contributed by atoms with Crippen molar-refractivity contribution in [1.29, 1.82) is 0 Å². The van der Waals surface area contributed by atoms with E-state index in [1.807, 2.05) is 11.3 Å². The molecule has 0 spiro atoms. The molecule has 1 aromatic heterocycles. The molecule has 65 heavy (non-hydrogen) atoms. The van der Waals surface area contributed by atoms with Gasteiger partial charge >= 0.3 is 0 Å². The highest BCUT2D eigenvalue weighted by molar-refractivity contribution is 7.26. The first-order valence-electron chi connectivity index (χ1n) is 22.5. The third-order valence-corrected chi connectivity index (χ3v) is 14.8. The second kappa shape index (κ2) is 15.8. The lowest BCUT2D eigenvalue weighted by molar-refractivity contribution is 0.767. The van der Waals surface area contributed by atoms with Crippen molar-refractivity contribution in [2.75, 3.05) is 4.90 Å². The van der Waals surface area contributed by atoms with Crippen molar-refractivity contribution in [2.45, 2.75) is 19.3 Å². The van der Waals surface area contributed by atoms with Gasteiger partial charge in [0.05, 0.1) is 11.1 Å². The van der Waals surface area contributed by atoms with Crippen LogP contribution in [0.4, 0.5) is 17.1 Å². The average Bonchev–Trinajstić information content (AvgIpc) is 3.89. The van der Waals surface area contributed by atoms with Crippen LogP contribution in [0.2, 0.25) is 0 Å². The lowest BCUT2D eigenvalue weighted by Crippen LogP contribution is -2.29. The fourth-order valence-corrected chi connectivity index (χ4v) is 11.6. The van der Waals surface area contributed by atoms with E-state index in [1.54, 1.807) is 0 Å². The molecule has 0 fully saturated rings. The van der Waals surface area contributed by atoms with Crippen molar-refractivity contribution < 1.29 is 0 Å². The normalized spacial score (nSPS) is 12.6. The highest BCUT2D eigenvalue weighted by Crippen LogP contribution is 2.57.